The summed E-state index contributed by atoms with van der Waals surface area (Å²) in [4.78, 5) is 11.8. The molecule has 2 aromatic rings. The third kappa shape index (κ3) is 2.39. The van der Waals surface area contributed by atoms with E-state index in [9.17, 15) is 0 Å². The van der Waals surface area contributed by atoms with Crippen LogP contribution in [0.5, 0.6) is 0 Å². The van der Waals surface area contributed by atoms with Crippen molar-refractivity contribution in [3.8, 4) is 0 Å². The number of nitrogens with two attached hydrogens (primary N) is 1. The fourth-order valence-electron chi connectivity index (χ4n) is 1.05. The summed E-state index contributed by atoms with van der Waals surface area (Å²) in [7, 11) is 0. The van der Waals surface area contributed by atoms with Gasteiger partial charge in [-0.05, 0) is 0 Å². The highest BCUT2D eigenvalue weighted by molar-refractivity contribution is 5.43. The molecule has 78 valence electrons. The normalized spacial score (nSPS) is 10.2. The molecular formula is C8H10N6O. The van der Waals surface area contributed by atoms with Gasteiger partial charge in [0.15, 0.2) is 5.82 Å². The lowest BCUT2D eigenvalue weighted by molar-refractivity contribution is 0.388. The Bertz CT molecular complexity index is 454. The minimum Gasteiger partial charge on any atom is -0.384 e. The summed E-state index contributed by atoms with van der Waals surface area (Å²) in [5.74, 6) is 2.15. The van der Waals surface area contributed by atoms with Gasteiger partial charge in [-0.2, -0.15) is 4.98 Å². The maximum Gasteiger partial charge on any atom is 0.223 e. The summed E-state index contributed by atoms with van der Waals surface area (Å²) in [6.45, 7) is 2.17. The zero-order valence-electron chi connectivity index (χ0n) is 8.14. The number of nitrogens with one attached hydrogen (secondary N) is 1. The Balaban J connectivity index is 1.99. The molecule has 0 radical (unpaired) electrons. The van der Waals surface area contributed by atoms with Gasteiger partial charge in [0.2, 0.25) is 5.89 Å². The smallest absolute Gasteiger partial charge is 0.223 e. The van der Waals surface area contributed by atoms with Crippen LogP contribution in [0.4, 0.5) is 11.6 Å². The topological polar surface area (TPSA) is 103 Å². The molecule has 0 unspecified atom stereocenters. The van der Waals surface area contributed by atoms with E-state index in [0.29, 0.717) is 29.9 Å². The highest BCUT2D eigenvalue weighted by Gasteiger charge is 2.02. The second kappa shape index (κ2) is 3.91. The van der Waals surface area contributed by atoms with E-state index in [-0.39, 0.29) is 0 Å². The monoisotopic (exact) mass is 206 g/mol. The number of aryl methyl sites for hydroxylation is 1. The van der Waals surface area contributed by atoms with Gasteiger partial charge in [0.25, 0.3) is 0 Å². The quantitative estimate of drug-likeness (QED) is 0.747. The van der Waals surface area contributed by atoms with Crippen LogP contribution in [0.25, 0.3) is 0 Å². The van der Waals surface area contributed by atoms with Gasteiger partial charge >= 0.3 is 0 Å². The Hall–Kier alpha value is -2.18. The van der Waals surface area contributed by atoms with E-state index in [1.54, 1.807) is 13.0 Å². The van der Waals surface area contributed by atoms with Crippen LogP contribution < -0.4 is 11.1 Å². The Morgan fingerprint density at radius 1 is 1.47 bits per heavy atom. The predicted octanol–water partition coefficient (Wildman–Crippen LogP) is 0.362. The predicted molar refractivity (Wildman–Crippen MR) is 52.8 cm³/mol. The number of rotatable bonds is 3. The van der Waals surface area contributed by atoms with Crippen LogP contribution in [0.15, 0.2) is 16.9 Å². The van der Waals surface area contributed by atoms with Crippen LogP contribution in [0.2, 0.25) is 0 Å². The first-order valence-corrected chi connectivity index (χ1v) is 4.34. The third-order valence-electron chi connectivity index (χ3n) is 1.69. The average Bonchev–Trinajstić information content (AvgIpc) is 2.62. The average molecular weight is 206 g/mol. The Kier molecular flexibility index (Phi) is 2.44. The minimum atomic E-state index is 0.414. The largest absolute Gasteiger partial charge is 0.384 e. The molecular weight excluding hydrogens is 196 g/mol. The van der Waals surface area contributed by atoms with E-state index in [1.165, 1.54) is 6.33 Å². The standard InChI is InChI=1S/C8H10N6O/c1-5-13-8(14-15-5)3-10-7-2-6(9)11-4-12-7/h2,4H,3H2,1H3,(H3,9,10,11,12). The molecule has 0 aliphatic rings. The number of hydrogen-bond donors (Lipinski definition) is 2. The lowest BCUT2D eigenvalue weighted by atomic mass is 10.5. The van der Waals surface area contributed by atoms with Gasteiger partial charge in [-0.25, -0.2) is 9.97 Å². The zero-order chi connectivity index (χ0) is 10.7. The number of anilines is 2. The molecule has 0 saturated heterocycles. The molecule has 7 heteroatoms. The molecule has 0 bridgehead atoms. The molecule has 7 nitrogen and oxygen atoms in total. The van der Waals surface area contributed by atoms with Crippen molar-refractivity contribution in [3.63, 3.8) is 0 Å². The number of nitrogen functional groups attached to an aromatic ring is 1. The Morgan fingerprint density at radius 2 is 2.33 bits per heavy atom. The van der Waals surface area contributed by atoms with Crippen molar-refractivity contribution >= 4 is 11.6 Å². The van der Waals surface area contributed by atoms with Crippen LogP contribution in [0.1, 0.15) is 11.7 Å². The first kappa shape index (κ1) is 9.38. The van der Waals surface area contributed by atoms with Crippen LogP contribution in [-0.4, -0.2) is 20.1 Å². The van der Waals surface area contributed by atoms with Crippen molar-refractivity contribution in [1.82, 2.24) is 20.1 Å². The summed E-state index contributed by atoms with van der Waals surface area (Å²) in [5, 5.41) is 6.73. The van der Waals surface area contributed by atoms with E-state index in [1.807, 2.05) is 0 Å². The molecule has 0 aliphatic heterocycles. The minimum absolute atomic E-state index is 0.414. The van der Waals surface area contributed by atoms with E-state index < -0.39 is 0 Å². The molecule has 0 atom stereocenters. The molecule has 3 N–H and O–H groups in total. The molecule has 0 amide bonds. The van der Waals surface area contributed by atoms with E-state index in [2.05, 4.69) is 25.4 Å². The maximum absolute atomic E-state index is 5.49. The lowest BCUT2D eigenvalue weighted by Crippen LogP contribution is -2.04. The Labute approximate surface area is 85.7 Å². The molecule has 15 heavy (non-hydrogen) atoms. The fourth-order valence-corrected chi connectivity index (χ4v) is 1.05. The van der Waals surface area contributed by atoms with Crippen molar-refractivity contribution in [3.05, 3.63) is 24.1 Å². The number of aromatic nitrogens is 4. The van der Waals surface area contributed by atoms with Crippen molar-refractivity contribution < 1.29 is 4.52 Å². The van der Waals surface area contributed by atoms with Gasteiger partial charge in [0.1, 0.15) is 18.0 Å². The van der Waals surface area contributed by atoms with Gasteiger partial charge in [-0.15, -0.1) is 0 Å². The van der Waals surface area contributed by atoms with Crippen molar-refractivity contribution in [1.29, 1.82) is 0 Å². The molecule has 0 aromatic carbocycles. The van der Waals surface area contributed by atoms with Gasteiger partial charge in [0, 0.05) is 13.0 Å². The first-order chi connectivity index (χ1) is 7.24. The molecule has 0 spiro atoms. The maximum atomic E-state index is 5.49. The second-order valence-electron chi connectivity index (χ2n) is 2.91. The number of nitrogens with zero attached hydrogens (tertiary/aromatic N) is 4. The summed E-state index contributed by atoms with van der Waals surface area (Å²) in [6, 6.07) is 1.63. The molecule has 2 rings (SSSR count). The van der Waals surface area contributed by atoms with Crippen molar-refractivity contribution in [2.24, 2.45) is 0 Å². The lowest BCUT2D eigenvalue weighted by Gasteiger charge is -2.01. The molecule has 2 heterocycles. The van der Waals surface area contributed by atoms with Crippen molar-refractivity contribution in [2.75, 3.05) is 11.1 Å². The molecule has 0 aliphatic carbocycles. The second-order valence-corrected chi connectivity index (χ2v) is 2.91. The summed E-state index contributed by atoms with van der Waals surface area (Å²) in [6.07, 6.45) is 1.39. The zero-order valence-corrected chi connectivity index (χ0v) is 8.14. The fraction of sp³-hybridized carbons (Fsp3) is 0.250. The van der Waals surface area contributed by atoms with Crippen LogP contribution in [-0.2, 0) is 6.54 Å². The summed E-state index contributed by atoms with van der Waals surface area (Å²) >= 11 is 0. The number of hydrogen-bond acceptors (Lipinski definition) is 7. The molecule has 0 fully saturated rings. The van der Waals surface area contributed by atoms with Gasteiger partial charge in [-0.1, -0.05) is 5.16 Å². The summed E-state index contributed by atoms with van der Waals surface area (Å²) < 4.78 is 4.82. The van der Waals surface area contributed by atoms with Crippen LogP contribution >= 0.6 is 0 Å². The highest BCUT2D eigenvalue weighted by Crippen LogP contribution is 2.06. The van der Waals surface area contributed by atoms with E-state index in [0.717, 1.165) is 0 Å². The van der Waals surface area contributed by atoms with Crippen molar-refractivity contribution in [2.45, 2.75) is 13.5 Å². The first-order valence-electron chi connectivity index (χ1n) is 4.34. The van der Waals surface area contributed by atoms with Gasteiger partial charge in [0.05, 0.1) is 6.54 Å². The Morgan fingerprint density at radius 3 is 3.00 bits per heavy atom. The van der Waals surface area contributed by atoms with Gasteiger partial charge < -0.3 is 15.6 Å². The summed E-state index contributed by atoms with van der Waals surface area (Å²) in [5.41, 5.74) is 5.49. The van der Waals surface area contributed by atoms with E-state index >= 15 is 0 Å². The van der Waals surface area contributed by atoms with Gasteiger partial charge in [-0.3, -0.25) is 0 Å². The third-order valence-corrected chi connectivity index (χ3v) is 1.69. The van der Waals surface area contributed by atoms with Crippen LogP contribution in [0.3, 0.4) is 0 Å². The van der Waals surface area contributed by atoms with E-state index in [4.69, 9.17) is 10.3 Å². The molecule has 0 saturated carbocycles. The van der Waals surface area contributed by atoms with Crippen LogP contribution in [0, 0.1) is 6.92 Å². The highest BCUT2D eigenvalue weighted by atomic mass is 16.5. The molecule has 2 aromatic heterocycles. The SMILES string of the molecule is Cc1nc(CNc2cc(N)ncn2)no1.